The van der Waals surface area contributed by atoms with Crippen LogP contribution < -0.4 is 4.74 Å². The first-order chi connectivity index (χ1) is 8.94. The second-order valence-electron chi connectivity index (χ2n) is 4.84. The summed E-state index contributed by atoms with van der Waals surface area (Å²) in [6.45, 7) is 0.200. The molecule has 19 heavy (non-hydrogen) atoms. The van der Waals surface area contributed by atoms with Crippen LogP contribution in [0.25, 0.3) is 0 Å². The number of carboxylic acids is 1. The topological polar surface area (TPSA) is 80.7 Å². The molecule has 1 N–H and O–H groups in total. The van der Waals surface area contributed by atoms with Crippen molar-refractivity contribution in [1.82, 2.24) is 0 Å². The van der Waals surface area contributed by atoms with Crippen molar-refractivity contribution in [2.45, 2.75) is 12.8 Å². The van der Waals surface area contributed by atoms with Crippen LogP contribution in [0.2, 0.25) is 0 Å². The van der Waals surface area contributed by atoms with E-state index in [4.69, 9.17) is 4.74 Å². The first-order valence-corrected chi connectivity index (χ1v) is 7.87. The van der Waals surface area contributed by atoms with Gasteiger partial charge in [-0.2, -0.15) is 0 Å². The van der Waals surface area contributed by atoms with E-state index in [0.717, 1.165) is 0 Å². The van der Waals surface area contributed by atoms with E-state index in [-0.39, 0.29) is 31.0 Å². The normalized spacial score (nSPS) is 25.1. The highest BCUT2D eigenvalue weighted by Crippen LogP contribution is 2.36. The van der Waals surface area contributed by atoms with E-state index in [9.17, 15) is 18.3 Å². The summed E-state index contributed by atoms with van der Waals surface area (Å²) in [7, 11) is -3.23. The van der Waals surface area contributed by atoms with Gasteiger partial charge in [0, 0.05) is 0 Å². The monoisotopic (exact) mass is 284 g/mol. The van der Waals surface area contributed by atoms with E-state index in [1.54, 1.807) is 12.1 Å². The second-order valence-corrected chi connectivity index (χ2v) is 7.02. The summed E-state index contributed by atoms with van der Waals surface area (Å²) < 4.78 is 28.4. The average Bonchev–Trinajstić information content (AvgIpc) is 2.68. The number of ether oxygens (including phenoxy) is 1. The van der Waals surface area contributed by atoms with Gasteiger partial charge in [0.05, 0.1) is 23.5 Å². The lowest BCUT2D eigenvalue weighted by atomic mass is 9.84. The van der Waals surface area contributed by atoms with Gasteiger partial charge >= 0.3 is 5.97 Å². The van der Waals surface area contributed by atoms with Gasteiger partial charge in [-0.3, -0.25) is 4.79 Å². The molecule has 0 aliphatic carbocycles. The summed E-state index contributed by atoms with van der Waals surface area (Å²) in [5.41, 5.74) is -1.19. The molecule has 1 heterocycles. The minimum absolute atomic E-state index is 0.0510. The highest BCUT2D eigenvalue weighted by atomic mass is 32.2. The van der Waals surface area contributed by atoms with Gasteiger partial charge in [-0.15, -0.1) is 0 Å². The number of sulfone groups is 1. The summed E-state index contributed by atoms with van der Waals surface area (Å²) in [6.07, 6.45) is 0.374. The Morgan fingerprint density at radius 2 is 2.00 bits per heavy atom. The van der Waals surface area contributed by atoms with Crippen molar-refractivity contribution in [2.24, 2.45) is 5.41 Å². The standard InChI is InChI=1S/C13H16O5S/c14-12(15)13(7-9-19(16,17)10-13)6-8-18-11-4-2-1-3-5-11/h1-5H,6-10H2,(H,14,15). The van der Waals surface area contributed by atoms with Crippen LogP contribution in [0.1, 0.15) is 12.8 Å². The number of aliphatic carboxylic acids is 1. The Morgan fingerprint density at radius 3 is 2.53 bits per heavy atom. The fourth-order valence-corrected chi connectivity index (χ4v) is 4.37. The predicted molar refractivity (Wildman–Crippen MR) is 69.9 cm³/mol. The first-order valence-electron chi connectivity index (χ1n) is 6.05. The zero-order chi connectivity index (χ0) is 13.9. The lowest BCUT2D eigenvalue weighted by molar-refractivity contribution is -0.148. The number of rotatable bonds is 5. The van der Waals surface area contributed by atoms with Crippen LogP contribution in [0.5, 0.6) is 5.75 Å². The smallest absolute Gasteiger partial charge is 0.310 e. The van der Waals surface area contributed by atoms with Crippen LogP contribution in [-0.4, -0.2) is 37.6 Å². The van der Waals surface area contributed by atoms with Crippen molar-refractivity contribution in [3.63, 3.8) is 0 Å². The molecule has 1 aromatic carbocycles. The summed E-state index contributed by atoms with van der Waals surface area (Å²) in [6, 6.07) is 9.05. The molecule has 1 atom stereocenters. The average molecular weight is 284 g/mol. The van der Waals surface area contributed by atoms with Crippen molar-refractivity contribution < 1.29 is 23.1 Å². The van der Waals surface area contributed by atoms with Crippen molar-refractivity contribution in [3.05, 3.63) is 30.3 Å². The highest BCUT2D eigenvalue weighted by Gasteiger charge is 2.48. The Kier molecular flexibility index (Phi) is 3.80. The number of hydrogen-bond donors (Lipinski definition) is 1. The van der Waals surface area contributed by atoms with Crippen LogP contribution in [0.3, 0.4) is 0 Å². The van der Waals surface area contributed by atoms with Crippen LogP contribution in [0.15, 0.2) is 30.3 Å². The molecule has 1 aliphatic rings. The molecule has 5 nitrogen and oxygen atoms in total. The van der Waals surface area contributed by atoms with Crippen molar-refractivity contribution in [3.8, 4) is 5.75 Å². The van der Waals surface area contributed by atoms with E-state index in [0.29, 0.717) is 5.75 Å². The molecule has 1 aromatic rings. The molecule has 0 bridgehead atoms. The van der Waals surface area contributed by atoms with Crippen molar-refractivity contribution in [2.75, 3.05) is 18.1 Å². The van der Waals surface area contributed by atoms with Crippen LogP contribution in [-0.2, 0) is 14.6 Å². The Labute approximate surface area is 112 Å². The zero-order valence-electron chi connectivity index (χ0n) is 10.4. The predicted octanol–water partition coefficient (Wildman–Crippen LogP) is 1.34. The maximum absolute atomic E-state index is 11.5. The Bertz CT molecular complexity index is 552. The fraction of sp³-hybridized carbons (Fsp3) is 0.462. The Hall–Kier alpha value is -1.56. The summed E-state index contributed by atoms with van der Waals surface area (Å²) in [5, 5.41) is 9.27. The molecule has 6 heteroatoms. The zero-order valence-corrected chi connectivity index (χ0v) is 11.2. The summed E-state index contributed by atoms with van der Waals surface area (Å²) in [4.78, 5) is 11.3. The van der Waals surface area contributed by atoms with Gasteiger partial charge in [-0.05, 0) is 25.0 Å². The number of hydrogen-bond acceptors (Lipinski definition) is 4. The van der Waals surface area contributed by atoms with Gasteiger partial charge in [0.25, 0.3) is 0 Å². The molecule has 1 unspecified atom stereocenters. The third kappa shape index (κ3) is 3.26. The molecule has 0 spiro atoms. The Balaban J connectivity index is 1.98. The Morgan fingerprint density at radius 1 is 1.32 bits per heavy atom. The minimum Gasteiger partial charge on any atom is -0.494 e. The molecule has 1 fully saturated rings. The van der Waals surface area contributed by atoms with Crippen molar-refractivity contribution in [1.29, 1.82) is 0 Å². The van der Waals surface area contributed by atoms with Gasteiger partial charge in [0.2, 0.25) is 0 Å². The van der Waals surface area contributed by atoms with E-state index in [1.165, 1.54) is 0 Å². The molecule has 0 radical (unpaired) electrons. The number of para-hydroxylation sites is 1. The van der Waals surface area contributed by atoms with E-state index in [1.807, 2.05) is 18.2 Å². The van der Waals surface area contributed by atoms with E-state index >= 15 is 0 Å². The third-order valence-corrected chi connectivity index (χ3v) is 5.25. The quantitative estimate of drug-likeness (QED) is 0.882. The molecule has 0 aromatic heterocycles. The maximum Gasteiger partial charge on any atom is 0.310 e. The van der Waals surface area contributed by atoms with Gasteiger partial charge in [-0.1, -0.05) is 18.2 Å². The SMILES string of the molecule is O=C(O)C1(CCOc2ccccc2)CCS(=O)(=O)C1. The van der Waals surface area contributed by atoms with Gasteiger partial charge in [0.15, 0.2) is 9.84 Å². The minimum atomic E-state index is -3.23. The largest absolute Gasteiger partial charge is 0.494 e. The van der Waals surface area contributed by atoms with Crippen LogP contribution in [0.4, 0.5) is 0 Å². The van der Waals surface area contributed by atoms with Gasteiger partial charge in [0.1, 0.15) is 5.75 Å². The molecule has 104 valence electrons. The number of carboxylic acid groups (broad SMARTS) is 1. The first kappa shape index (κ1) is 13.9. The van der Waals surface area contributed by atoms with E-state index in [2.05, 4.69) is 0 Å². The molecule has 2 rings (SSSR count). The van der Waals surface area contributed by atoms with E-state index < -0.39 is 21.2 Å². The third-order valence-electron chi connectivity index (χ3n) is 3.43. The molecule has 1 aliphatic heterocycles. The van der Waals surface area contributed by atoms with Crippen molar-refractivity contribution >= 4 is 15.8 Å². The van der Waals surface area contributed by atoms with Crippen LogP contribution in [0, 0.1) is 5.41 Å². The molecule has 0 saturated carbocycles. The molecule has 1 saturated heterocycles. The lowest BCUT2D eigenvalue weighted by Crippen LogP contribution is -2.34. The van der Waals surface area contributed by atoms with Gasteiger partial charge in [-0.25, -0.2) is 8.42 Å². The number of carbonyl (C=O) groups is 1. The molecule has 0 amide bonds. The summed E-state index contributed by atoms with van der Waals surface area (Å²) in [5.74, 6) is -0.730. The number of benzene rings is 1. The maximum atomic E-state index is 11.5. The molecular weight excluding hydrogens is 268 g/mol. The lowest BCUT2D eigenvalue weighted by Gasteiger charge is -2.22. The second kappa shape index (κ2) is 5.21. The van der Waals surface area contributed by atoms with Crippen LogP contribution >= 0.6 is 0 Å². The highest BCUT2D eigenvalue weighted by molar-refractivity contribution is 7.91. The molecular formula is C13H16O5S. The summed E-state index contributed by atoms with van der Waals surface area (Å²) >= 11 is 0. The van der Waals surface area contributed by atoms with Gasteiger partial charge < -0.3 is 9.84 Å². The fourth-order valence-electron chi connectivity index (χ4n) is 2.27.